The van der Waals surface area contributed by atoms with E-state index in [2.05, 4.69) is 21.9 Å². The molecule has 0 radical (unpaired) electrons. The topological polar surface area (TPSA) is 35.9 Å². The predicted octanol–water partition coefficient (Wildman–Crippen LogP) is 2.12. The summed E-state index contributed by atoms with van der Waals surface area (Å²) in [6.45, 7) is 6.66. The molecule has 2 aliphatic rings. The quantitative estimate of drug-likeness (QED) is 0.781. The zero-order valence-electron chi connectivity index (χ0n) is 14.1. The SMILES string of the molecule is O[C@H]1CN(CCCOCc2ccccc2)C[C@@H]1N1CCCCC1. The van der Waals surface area contributed by atoms with Crippen LogP contribution in [0.15, 0.2) is 30.3 Å². The largest absolute Gasteiger partial charge is 0.390 e. The van der Waals surface area contributed by atoms with Crippen molar-refractivity contribution in [3.63, 3.8) is 0 Å². The number of rotatable bonds is 7. The Morgan fingerprint density at radius 3 is 2.61 bits per heavy atom. The molecule has 0 saturated carbocycles. The van der Waals surface area contributed by atoms with Gasteiger partial charge in [-0.05, 0) is 37.9 Å². The maximum absolute atomic E-state index is 10.3. The van der Waals surface area contributed by atoms with Gasteiger partial charge in [0.2, 0.25) is 0 Å². The van der Waals surface area contributed by atoms with Crippen molar-refractivity contribution in [1.82, 2.24) is 9.80 Å². The molecule has 1 aromatic rings. The lowest BCUT2D eigenvalue weighted by atomic mass is 10.1. The van der Waals surface area contributed by atoms with Crippen LogP contribution in [0.4, 0.5) is 0 Å². The molecule has 4 nitrogen and oxygen atoms in total. The van der Waals surface area contributed by atoms with E-state index in [0.717, 1.165) is 45.8 Å². The molecule has 1 aromatic carbocycles. The molecule has 2 atom stereocenters. The van der Waals surface area contributed by atoms with Crippen LogP contribution in [-0.4, -0.2) is 66.4 Å². The first kappa shape index (κ1) is 16.9. The van der Waals surface area contributed by atoms with E-state index in [1.807, 2.05) is 18.2 Å². The molecule has 3 rings (SSSR count). The molecule has 2 fully saturated rings. The highest BCUT2D eigenvalue weighted by Gasteiger charge is 2.35. The maximum atomic E-state index is 10.3. The lowest BCUT2D eigenvalue weighted by Gasteiger charge is -2.33. The third-order valence-electron chi connectivity index (χ3n) is 5.07. The van der Waals surface area contributed by atoms with Gasteiger partial charge in [0.25, 0.3) is 0 Å². The van der Waals surface area contributed by atoms with Gasteiger partial charge in [-0.1, -0.05) is 36.8 Å². The van der Waals surface area contributed by atoms with Crippen LogP contribution in [-0.2, 0) is 11.3 Å². The molecular weight excluding hydrogens is 288 g/mol. The van der Waals surface area contributed by atoms with E-state index in [1.165, 1.54) is 24.8 Å². The highest BCUT2D eigenvalue weighted by molar-refractivity contribution is 5.13. The van der Waals surface area contributed by atoms with Gasteiger partial charge in [-0.25, -0.2) is 0 Å². The Morgan fingerprint density at radius 1 is 1.04 bits per heavy atom. The van der Waals surface area contributed by atoms with Gasteiger partial charge in [-0.2, -0.15) is 0 Å². The van der Waals surface area contributed by atoms with Crippen molar-refractivity contribution >= 4 is 0 Å². The Bertz CT molecular complexity index is 448. The fraction of sp³-hybridized carbons (Fsp3) is 0.684. The van der Waals surface area contributed by atoms with Gasteiger partial charge >= 0.3 is 0 Å². The lowest BCUT2D eigenvalue weighted by Crippen LogP contribution is -2.45. The molecule has 2 saturated heterocycles. The Kier molecular flexibility index (Phi) is 6.46. The Morgan fingerprint density at radius 2 is 1.83 bits per heavy atom. The van der Waals surface area contributed by atoms with Gasteiger partial charge in [-0.3, -0.25) is 9.80 Å². The Hall–Kier alpha value is -0.940. The van der Waals surface area contributed by atoms with Gasteiger partial charge < -0.3 is 9.84 Å². The second-order valence-electron chi connectivity index (χ2n) is 6.88. The normalized spacial score (nSPS) is 26.7. The van der Waals surface area contributed by atoms with Crippen molar-refractivity contribution < 1.29 is 9.84 Å². The van der Waals surface area contributed by atoms with Crippen LogP contribution in [0.1, 0.15) is 31.2 Å². The van der Waals surface area contributed by atoms with Crippen molar-refractivity contribution in [3.8, 4) is 0 Å². The van der Waals surface area contributed by atoms with E-state index in [9.17, 15) is 5.11 Å². The molecule has 128 valence electrons. The zero-order valence-corrected chi connectivity index (χ0v) is 14.1. The number of ether oxygens (including phenoxy) is 1. The number of nitrogens with zero attached hydrogens (tertiary/aromatic N) is 2. The molecule has 0 aromatic heterocycles. The van der Waals surface area contributed by atoms with E-state index >= 15 is 0 Å². The Labute approximate surface area is 140 Å². The number of benzene rings is 1. The average Bonchev–Trinajstić information content (AvgIpc) is 2.97. The second kappa shape index (κ2) is 8.78. The van der Waals surface area contributed by atoms with E-state index < -0.39 is 0 Å². The summed E-state index contributed by atoms with van der Waals surface area (Å²) in [6, 6.07) is 10.7. The number of likely N-dealkylation sites (tertiary alicyclic amines) is 2. The average molecular weight is 318 g/mol. The Balaban J connectivity index is 1.32. The first-order valence-corrected chi connectivity index (χ1v) is 9.09. The van der Waals surface area contributed by atoms with Gasteiger partial charge in [0, 0.05) is 32.3 Å². The number of hydrogen-bond acceptors (Lipinski definition) is 4. The summed E-state index contributed by atoms with van der Waals surface area (Å²) in [5, 5.41) is 10.3. The van der Waals surface area contributed by atoms with Crippen LogP contribution < -0.4 is 0 Å². The van der Waals surface area contributed by atoms with Crippen molar-refractivity contribution in [2.24, 2.45) is 0 Å². The molecule has 2 aliphatic heterocycles. The molecular formula is C19H30N2O2. The fourth-order valence-electron chi connectivity index (χ4n) is 3.79. The van der Waals surface area contributed by atoms with Crippen LogP contribution >= 0.6 is 0 Å². The number of piperidine rings is 1. The third kappa shape index (κ3) is 5.01. The van der Waals surface area contributed by atoms with Crippen molar-refractivity contribution in [2.45, 2.75) is 44.4 Å². The summed E-state index contributed by atoms with van der Waals surface area (Å²) in [4.78, 5) is 4.90. The van der Waals surface area contributed by atoms with Gasteiger partial charge in [0.05, 0.1) is 12.7 Å². The zero-order chi connectivity index (χ0) is 15.9. The summed E-state index contributed by atoms with van der Waals surface area (Å²) >= 11 is 0. The van der Waals surface area contributed by atoms with E-state index in [0.29, 0.717) is 12.6 Å². The van der Waals surface area contributed by atoms with Crippen LogP contribution in [0.3, 0.4) is 0 Å². The lowest BCUT2D eigenvalue weighted by molar-refractivity contribution is 0.0705. The fourth-order valence-corrected chi connectivity index (χ4v) is 3.79. The van der Waals surface area contributed by atoms with Crippen LogP contribution in [0.2, 0.25) is 0 Å². The van der Waals surface area contributed by atoms with Crippen LogP contribution in [0, 0.1) is 0 Å². The minimum Gasteiger partial charge on any atom is -0.390 e. The first-order valence-electron chi connectivity index (χ1n) is 9.09. The monoisotopic (exact) mass is 318 g/mol. The third-order valence-corrected chi connectivity index (χ3v) is 5.07. The second-order valence-corrected chi connectivity index (χ2v) is 6.88. The van der Waals surface area contributed by atoms with Gasteiger partial charge in [0.1, 0.15) is 0 Å². The standard InChI is InChI=1S/C19H30N2O2/c22-19-15-20(14-18(19)21-11-5-2-6-12-21)10-7-13-23-16-17-8-3-1-4-9-17/h1,3-4,8-9,18-19,22H,2,5-7,10-16H2/t18-,19-/m0/s1. The summed E-state index contributed by atoms with van der Waals surface area (Å²) < 4.78 is 5.75. The molecule has 0 aliphatic carbocycles. The number of hydrogen-bond donors (Lipinski definition) is 1. The minimum atomic E-state index is -0.182. The molecule has 4 heteroatoms. The van der Waals surface area contributed by atoms with E-state index in [-0.39, 0.29) is 6.10 Å². The highest BCUT2D eigenvalue weighted by Crippen LogP contribution is 2.20. The first-order chi connectivity index (χ1) is 11.3. The summed E-state index contributed by atoms with van der Waals surface area (Å²) in [6.07, 6.45) is 4.78. The maximum Gasteiger partial charge on any atom is 0.0834 e. The molecule has 23 heavy (non-hydrogen) atoms. The summed E-state index contributed by atoms with van der Waals surface area (Å²) in [5.74, 6) is 0. The van der Waals surface area contributed by atoms with Gasteiger partial charge in [0.15, 0.2) is 0 Å². The van der Waals surface area contributed by atoms with Crippen LogP contribution in [0.5, 0.6) is 0 Å². The van der Waals surface area contributed by atoms with Crippen LogP contribution in [0.25, 0.3) is 0 Å². The van der Waals surface area contributed by atoms with E-state index in [4.69, 9.17) is 4.74 Å². The highest BCUT2D eigenvalue weighted by atomic mass is 16.5. The summed E-state index contributed by atoms with van der Waals surface area (Å²) in [5.41, 5.74) is 1.23. The van der Waals surface area contributed by atoms with Gasteiger partial charge in [-0.15, -0.1) is 0 Å². The number of β-amino-alcohol motifs (C(OH)–C–C–N with tert-alkyl or cyclic N) is 1. The van der Waals surface area contributed by atoms with E-state index in [1.54, 1.807) is 0 Å². The summed E-state index contributed by atoms with van der Waals surface area (Å²) in [7, 11) is 0. The molecule has 0 bridgehead atoms. The smallest absolute Gasteiger partial charge is 0.0834 e. The van der Waals surface area contributed by atoms with Crippen molar-refractivity contribution in [2.75, 3.05) is 39.3 Å². The molecule has 2 heterocycles. The number of aliphatic hydroxyl groups is 1. The number of aliphatic hydroxyl groups excluding tert-OH is 1. The van der Waals surface area contributed by atoms with Crippen molar-refractivity contribution in [1.29, 1.82) is 0 Å². The van der Waals surface area contributed by atoms with Crippen molar-refractivity contribution in [3.05, 3.63) is 35.9 Å². The molecule has 1 N–H and O–H groups in total. The minimum absolute atomic E-state index is 0.182. The predicted molar refractivity (Wildman–Crippen MR) is 92.4 cm³/mol. The molecule has 0 spiro atoms. The molecule has 0 amide bonds. The molecule has 0 unspecified atom stereocenters.